The number of rotatable bonds is 4. The van der Waals surface area contributed by atoms with E-state index in [1.807, 2.05) is 13.0 Å². The smallest absolute Gasteiger partial charge is 0.328 e. The maximum Gasteiger partial charge on any atom is 0.328 e. The molecule has 2 amide bonds. The summed E-state index contributed by atoms with van der Waals surface area (Å²) in [5.74, 6) is -0.981. The van der Waals surface area contributed by atoms with E-state index >= 15 is 0 Å². The Hall–Kier alpha value is -2.30. The highest BCUT2D eigenvalue weighted by molar-refractivity contribution is 5.90. The Labute approximate surface area is 111 Å². The number of carbonyl (C=O) groups is 2. The molecule has 1 aliphatic rings. The van der Waals surface area contributed by atoms with Crippen LogP contribution in [0.2, 0.25) is 0 Å². The van der Waals surface area contributed by atoms with Gasteiger partial charge in [-0.2, -0.15) is 0 Å². The molecule has 5 heteroatoms. The first-order chi connectivity index (χ1) is 9.04. The first kappa shape index (κ1) is 13.1. The number of benzene rings is 1. The van der Waals surface area contributed by atoms with E-state index in [9.17, 15) is 9.59 Å². The van der Waals surface area contributed by atoms with Crippen molar-refractivity contribution in [1.82, 2.24) is 5.32 Å². The molecular formula is C14H16N2O3. The van der Waals surface area contributed by atoms with Crippen LogP contribution in [0.1, 0.15) is 24.0 Å². The summed E-state index contributed by atoms with van der Waals surface area (Å²) in [7, 11) is 0. The largest absolute Gasteiger partial charge is 0.478 e. The van der Waals surface area contributed by atoms with Crippen LogP contribution in [0, 0.1) is 6.92 Å². The van der Waals surface area contributed by atoms with Crippen molar-refractivity contribution in [3.63, 3.8) is 0 Å². The van der Waals surface area contributed by atoms with Gasteiger partial charge in [0.2, 0.25) is 0 Å². The third-order valence-corrected chi connectivity index (χ3v) is 2.85. The SMILES string of the molecule is Cc1cc(NC(=O)NC2CC2)ccc1/C=C/C(=O)O. The highest BCUT2D eigenvalue weighted by Gasteiger charge is 2.23. The molecule has 100 valence electrons. The van der Waals surface area contributed by atoms with Gasteiger partial charge in [-0.1, -0.05) is 6.07 Å². The van der Waals surface area contributed by atoms with Crippen LogP contribution in [0.3, 0.4) is 0 Å². The van der Waals surface area contributed by atoms with Crippen molar-refractivity contribution < 1.29 is 14.7 Å². The zero-order valence-electron chi connectivity index (χ0n) is 10.6. The van der Waals surface area contributed by atoms with Crippen LogP contribution >= 0.6 is 0 Å². The number of anilines is 1. The summed E-state index contributed by atoms with van der Waals surface area (Å²) in [4.78, 5) is 22.0. The summed E-state index contributed by atoms with van der Waals surface area (Å²) in [6.45, 7) is 1.87. The lowest BCUT2D eigenvalue weighted by Gasteiger charge is -2.08. The van der Waals surface area contributed by atoms with E-state index < -0.39 is 5.97 Å². The molecule has 1 aromatic carbocycles. The third-order valence-electron chi connectivity index (χ3n) is 2.85. The maximum absolute atomic E-state index is 11.6. The van der Waals surface area contributed by atoms with E-state index in [2.05, 4.69) is 10.6 Å². The van der Waals surface area contributed by atoms with Crippen molar-refractivity contribution >= 4 is 23.8 Å². The van der Waals surface area contributed by atoms with Gasteiger partial charge in [-0.15, -0.1) is 0 Å². The second-order valence-electron chi connectivity index (χ2n) is 4.62. The summed E-state index contributed by atoms with van der Waals surface area (Å²) in [6.07, 6.45) is 4.72. The van der Waals surface area contributed by atoms with Crippen LogP contribution < -0.4 is 10.6 Å². The van der Waals surface area contributed by atoms with E-state index in [1.54, 1.807) is 12.1 Å². The molecule has 0 atom stereocenters. The van der Waals surface area contributed by atoms with Gasteiger partial charge in [0, 0.05) is 17.8 Å². The van der Waals surface area contributed by atoms with Crippen molar-refractivity contribution in [3.8, 4) is 0 Å². The molecule has 1 saturated carbocycles. The molecule has 1 aromatic rings. The zero-order chi connectivity index (χ0) is 13.8. The molecule has 5 nitrogen and oxygen atoms in total. The van der Waals surface area contributed by atoms with Crippen molar-refractivity contribution in [2.75, 3.05) is 5.32 Å². The number of carboxylic acids is 1. The zero-order valence-corrected chi connectivity index (χ0v) is 10.6. The van der Waals surface area contributed by atoms with Gasteiger partial charge in [-0.05, 0) is 49.1 Å². The predicted octanol–water partition coefficient (Wildman–Crippen LogP) is 2.38. The summed E-state index contributed by atoms with van der Waals surface area (Å²) in [6, 6.07) is 5.46. The summed E-state index contributed by atoms with van der Waals surface area (Å²) >= 11 is 0. The van der Waals surface area contributed by atoms with Crippen LogP contribution in [-0.2, 0) is 4.79 Å². The normalized spacial score (nSPS) is 14.4. The van der Waals surface area contributed by atoms with Gasteiger partial charge >= 0.3 is 12.0 Å². The minimum absolute atomic E-state index is 0.198. The molecule has 0 bridgehead atoms. The van der Waals surface area contributed by atoms with Gasteiger partial charge in [-0.25, -0.2) is 9.59 Å². The van der Waals surface area contributed by atoms with E-state index in [0.29, 0.717) is 11.7 Å². The summed E-state index contributed by atoms with van der Waals surface area (Å²) < 4.78 is 0. The number of nitrogens with one attached hydrogen (secondary N) is 2. The number of urea groups is 1. The number of carboxylic acid groups (broad SMARTS) is 1. The fourth-order valence-electron chi connectivity index (χ4n) is 1.68. The average molecular weight is 260 g/mol. The minimum Gasteiger partial charge on any atom is -0.478 e. The molecule has 3 N–H and O–H groups in total. The molecule has 1 aliphatic carbocycles. The number of carbonyl (C=O) groups excluding carboxylic acids is 1. The Morgan fingerprint density at radius 2 is 2.11 bits per heavy atom. The van der Waals surface area contributed by atoms with Gasteiger partial charge in [0.05, 0.1) is 0 Å². The van der Waals surface area contributed by atoms with Crippen LogP contribution in [0.4, 0.5) is 10.5 Å². The van der Waals surface area contributed by atoms with Crippen molar-refractivity contribution in [3.05, 3.63) is 35.4 Å². The highest BCUT2D eigenvalue weighted by atomic mass is 16.4. The van der Waals surface area contributed by atoms with E-state index in [1.165, 1.54) is 6.08 Å². The molecule has 0 heterocycles. The second kappa shape index (κ2) is 5.56. The Morgan fingerprint density at radius 3 is 2.68 bits per heavy atom. The van der Waals surface area contributed by atoms with E-state index in [-0.39, 0.29) is 6.03 Å². The third kappa shape index (κ3) is 4.13. The Bertz CT molecular complexity index is 533. The topological polar surface area (TPSA) is 78.4 Å². The van der Waals surface area contributed by atoms with Crippen LogP contribution in [-0.4, -0.2) is 23.1 Å². The molecule has 0 saturated heterocycles. The molecule has 0 unspecified atom stereocenters. The monoisotopic (exact) mass is 260 g/mol. The molecule has 0 aromatic heterocycles. The van der Waals surface area contributed by atoms with Crippen LogP contribution in [0.5, 0.6) is 0 Å². The Morgan fingerprint density at radius 1 is 1.37 bits per heavy atom. The fourth-order valence-corrected chi connectivity index (χ4v) is 1.68. The predicted molar refractivity (Wildman–Crippen MR) is 73.0 cm³/mol. The molecule has 19 heavy (non-hydrogen) atoms. The van der Waals surface area contributed by atoms with Gasteiger partial charge in [0.15, 0.2) is 0 Å². The number of aryl methyl sites for hydroxylation is 1. The fraction of sp³-hybridized carbons (Fsp3) is 0.286. The molecule has 2 rings (SSSR count). The van der Waals surface area contributed by atoms with Crippen LogP contribution in [0.25, 0.3) is 6.08 Å². The van der Waals surface area contributed by atoms with Crippen LogP contribution in [0.15, 0.2) is 24.3 Å². The number of aliphatic carboxylic acids is 1. The Kier molecular flexibility index (Phi) is 3.85. The van der Waals surface area contributed by atoms with Gasteiger partial charge in [0.1, 0.15) is 0 Å². The lowest BCUT2D eigenvalue weighted by molar-refractivity contribution is -0.131. The lowest BCUT2D eigenvalue weighted by Crippen LogP contribution is -2.30. The standard InChI is InChI=1S/C14H16N2O3/c1-9-8-12(16-14(19)15-11-5-6-11)4-2-10(9)3-7-13(17)18/h2-4,7-8,11H,5-6H2,1H3,(H,17,18)(H2,15,16,19)/b7-3+. The molecule has 1 fully saturated rings. The van der Waals surface area contributed by atoms with Gasteiger partial charge < -0.3 is 15.7 Å². The number of amides is 2. The van der Waals surface area contributed by atoms with Crippen molar-refractivity contribution in [2.24, 2.45) is 0 Å². The average Bonchev–Trinajstić information content (AvgIpc) is 3.11. The highest BCUT2D eigenvalue weighted by Crippen LogP contribution is 2.20. The minimum atomic E-state index is -0.981. The first-order valence-electron chi connectivity index (χ1n) is 6.14. The first-order valence-corrected chi connectivity index (χ1v) is 6.14. The number of hydrogen-bond acceptors (Lipinski definition) is 2. The summed E-state index contributed by atoms with van der Waals surface area (Å²) in [5.41, 5.74) is 2.42. The second-order valence-corrected chi connectivity index (χ2v) is 4.62. The van der Waals surface area contributed by atoms with E-state index in [4.69, 9.17) is 5.11 Å². The van der Waals surface area contributed by atoms with Gasteiger partial charge in [0.25, 0.3) is 0 Å². The molecule has 0 spiro atoms. The number of hydrogen-bond donors (Lipinski definition) is 3. The quantitative estimate of drug-likeness (QED) is 0.727. The molecular weight excluding hydrogens is 244 g/mol. The molecule has 0 aliphatic heterocycles. The maximum atomic E-state index is 11.6. The Balaban J connectivity index is 2.01. The summed E-state index contributed by atoms with van der Waals surface area (Å²) in [5, 5.41) is 14.2. The lowest BCUT2D eigenvalue weighted by atomic mass is 10.1. The molecule has 0 radical (unpaired) electrons. The van der Waals surface area contributed by atoms with Crippen molar-refractivity contribution in [1.29, 1.82) is 0 Å². The van der Waals surface area contributed by atoms with Crippen molar-refractivity contribution in [2.45, 2.75) is 25.8 Å². The van der Waals surface area contributed by atoms with Gasteiger partial charge in [-0.3, -0.25) is 0 Å². The van der Waals surface area contributed by atoms with E-state index in [0.717, 1.165) is 30.0 Å².